The van der Waals surface area contributed by atoms with Crippen molar-refractivity contribution in [1.82, 2.24) is 4.98 Å². The summed E-state index contributed by atoms with van der Waals surface area (Å²) in [6.07, 6.45) is 0. The van der Waals surface area contributed by atoms with Gasteiger partial charge in [0.2, 0.25) is 0 Å². The summed E-state index contributed by atoms with van der Waals surface area (Å²) in [5.74, 6) is 1.16. The van der Waals surface area contributed by atoms with Crippen LogP contribution in [0, 0.1) is 0 Å². The average Bonchev–Trinajstić information content (AvgIpc) is 2.76. The van der Waals surface area contributed by atoms with E-state index in [9.17, 15) is 9.59 Å². The molecule has 0 saturated carbocycles. The molecule has 0 radical (unpaired) electrons. The van der Waals surface area contributed by atoms with Crippen LogP contribution < -0.4 is 24.5 Å². The highest BCUT2D eigenvalue weighted by Crippen LogP contribution is 2.39. The molecule has 0 unspecified atom stereocenters. The van der Waals surface area contributed by atoms with Crippen LogP contribution in [-0.2, 0) is 4.74 Å². The van der Waals surface area contributed by atoms with Gasteiger partial charge in [0.25, 0.3) is 5.56 Å². The zero-order valence-corrected chi connectivity index (χ0v) is 17.5. The number of benzene rings is 2. The van der Waals surface area contributed by atoms with E-state index in [0.717, 1.165) is 0 Å². The van der Waals surface area contributed by atoms with Crippen LogP contribution >= 0.6 is 0 Å². The first-order valence-corrected chi connectivity index (χ1v) is 9.20. The Bertz CT molecular complexity index is 1150. The average molecular weight is 413 g/mol. The van der Waals surface area contributed by atoms with Gasteiger partial charge < -0.3 is 28.7 Å². The van der Waals surface area contributed by atoms with Crippen LogP contribution in [0.15, 0.2) is 35.1 Å². The maximum absolute atomic E-state index is 12.9. The minimum atomic E-state index is -0.722. The van der Waals surface area contributed by atoms with E-state index in [1.807, 2.05) is 0 Å². The first-order chi connectivity index (χ1) is 14.5. The normalized spacial score (nSPS) is 10.6. The molecule has 1 aromatic heterocycles. The molecule has 30 heavy (non-hydrogen) atoms. The zero-order valence-electron chi connectivity index (χ0n) is 17.5. The summed E-state index contributed by atoms with van der Waals surface area (Å²) in [5, 5.41) is 0.586. The largest absolute Gasteiger partial charge is 0.493 e. The van der Waals surface area contributed by atoms with Crippen LogP contribution in [0.25, 0.3) is 22.0 Å². The fourth-order valence-corrected chi connectivity index (χ4v) is 3.31. The maximum atomic E-state index is 12.9. The molecule has 0 aliphatic heterocycles. The molecule has 8 heteroatoms. The highest BCUT2D eigenvalue weighted by molar-refractivity contribution is 6.07. The van der Waals surface area contributed by atoms with E-state index in [1.54, 1.807) is 37.3 Å². The number of ether oxygens (including phenoxy) is 5. The molecule has 8 nitrogen and oxygen atoms in total. The smallest absolute Gasteiger partial charge is 0.344 e. The lowest BCUT2D eigenvalue weighted by atomic mass is 9.95. The Morgan fingerprint density at radius 3 is 2.07 bits per heavy atom. The van der Waals surface area contributed by atoms with E-state index in [2.05, 4.69) is 4.98 Å². The molecule has 3 aromatic rings. The highest BCUT2D eigenvalue weighted by atomic mass is 16.5. The number of carbonyl (C=O) groups excluding carboxylic acids is 1. The molecule has 0 aliphatic rings. The van der Waals surface area contributed by atoms with E-state index in [4.69, 9.17) is 23.7 Å². The summed E-state index contributed by atoms with van der Waals surface area (Å²) in [6, 6.07) is 8.51. The number of hydrogen-bond acceptors (Lipinski definition) is 7. The van der Waals surface area contributed by atoms with Gasteiger partial charge in [-0.1, -0.05) is 6.07 Å². The third-order valence-electron chi connectivity index (χ3n) is 4.67. The van der Waals surface area contributed by atoms with Crippen molar-refractivity contribution in [1.29, 1.82) is 0 Å². The van der Waals surface area contributed by atoms with Crippen molar-refractivity contribution in [2.24, 2.45) is 0 Å². The molecule has 1 heterocycles. The number of hydrogen-bond donors (Lipinski definition) is 1. The quantitative estimate of drug-likeness (QED) is 0.593. The van der Waals surface area contributed by atoms with Crippen LogP contribution in [-0.4, -0.2) is 46.0 Å². The summed E-state index contributed by atoms with van der Waals surface area (Å²) >= 11 is 0. The molecule has 0 aliphatic carbocycles. The lowest BCUT2D eigenvalue weighted by Gasteiger charge is -2.16. The molecule has 3 rings (SSSR count). The minimum Gasteiger partial charge on any atom is -0.493 e. The van der Waals surface area contributed by atoms with Gasteiger partial charge in [-0.25, -0.2) is 4.79 Å². The third kappa shape index (κ3) is 3.63. The van der Waals surface area contributed by atoms with Crippen molar-refractivity contribution in [3.8, 4) is 34.1 Å². The Hall–Kier alpha value is -3.68. The number of nitrogens with one attached hydrogen (secondary N) is 1. The van der Waals surface area contributed by atoms with Gasteiger partial charge in [0.05, 0.1) is 40.6 Å². The summed E-state index contributed by atoms with van der Waals surface area (Å²) in [7, 11) is 6.06. The zero-order chi connectivity index (χ0) is 21.8. The van der Waals surface area contributed by atoms with Crippen molar-refractivity contribution >= 4 is 16.9 Å². The number of rotatable bonds is 7. The van der Waals surface area contributed by atoms with E-state index in [-0.39, 0.29) is 12.2 Å². The lowest BCUT2D eigenvalue weighted by Crippen LogP contribution is -2.21. The van der Waals surface area contributed by atoms with E-state index in [0.29, 0.717) is 45.0 Å². The van der Waals surface area contributed by atoms with Crippen LogP contribution in [0.4, 0.5) is 0 Å². The van der Waals surface area contributed by atoms with E-state index >= 15 is 0 Å². The number of fused-ring (bicyclic) bond motifs is 1. The second-order valence-electron chi connectivity index (χ2n) is 6.25. The van der Waals surface area contributed by atoms with Gasteiger partial charge in [0.1, 0.15) is 5.56 Å². The predicted molar refractivity (Wildman–Crippen MR) is 112 cm³/mol. The number of esters is 1. The van der Waals surface area contributed by atoms with Gasteiger partial charge in [-0.3, -0.25) is 4.79 Å². The first-order valence-electron chi connectivity index (χ1n) is 9.20. The number of methoxy groups -OCH3 is 4. The van der Waals surface area contributed by atoms with Crippen molar-refractivity contribution in [2.45, 2.75) is 6.92 Å². The second kappa shape index (κ2) is 8.77. The van der Waals surface area contributed by atoms with Gasteiger partial charge >= 0.3 is 5.97 Å². The predicted octanol–water partition coefficient (Wildman–Crippen LogP) is 3.41. The van der Waals surface area contributed by atoms with Crippen molar-refractivity contribution < 1.29 is 28.5 Å². The Labute approximate surface area is 173 Å². The van der Waals surface area contributed by atoms with Crippen molar-refractivity contribution in [2.75, 3.05) is 35.0 Å². The Morgan fingerprint density at radius 2 is 1.47 bits per heavy atom. The van der Waals surface area contributed by atoms with Crippen LogP contribution in [0.3, 0.4) is 0 Å². The number of H-pyrrole nitrogens is 1. The Kier molecular flexibility index (Phi) is 6.15. The van der Waals surface area contributed by atoms with Gasteiger partial charge in [-0.2, -0.15) is 0 Å². The van der Waals surface area contributed by atoms with Gasteiger partial charge in [-0.05, 0) is 30.7 Å². The third-order valence-corrected chi connectivity index (χ3v) is 4.67. The molecule has 2 aromatic carbocycles. The van der Waals surface area contributed by atoms with Crippen molar-refractivity contribution in [3.05, 3.63) is 46.2 Å². The maximum Gasteiger partial charge on any atom is 0.344 e. The molecule has 0 fully saturated rings. The summed E-state index contributed by atoms with van der Waals surface area (Å²) in [6.45, 7) is 1.81. The minimum absolute atomic E-state index is 0.108. The summed E-state index contributed by atoms with van der Waals surface area (Å²) in [4.78, 5) is 28.3. The molecule has 0 spiro atoms. The summed E-state index contributed by atoms with van der Waals surface area (Å²) < 4.78 is 26.6. The fourth-order valence-electron chi connectivity index (χ4n) is 3.31. The number of aromatic nitrogens is 1. The molecular weight excluding hydrogens is 390 g/mol. The molecule has 0 bridgehead atoms. The monoisotopic (exact) mass is 413 g/mol. The van der Waals surface area contributed by atoms with E-state index in [1.165, 1.54) is 28.4 Å². The molecule has 0 atom stereocenters. The lowest BCUT2D eigenvalue weighted by molar-refractivity contribution is 0.0525. The van der Waals surface area contributed by atoms with Crippen LogP contribution in [0.1, 0.15) is 17.3 Å². The van der Waals surface area contributed by atoms with Crippen LogP contribution in [0.2, 0.25) is 0 Å². The van der Waals surface area contributed by atoms with Gasteiger partial charge in [-0.15, -0.1) is 0 Å². The number of aromatic amines is 1. The van der Waals surface area contributed by atoms with Crippen LogP contribution in [0.5, 0.6) is 23.0 Å². The number of pyridine rings is 1. The molecular formula is C22H23NO7. The molecule has 1 N–H and O–H groups in total. The molecule has 0 amide bonds. The topological polar surface area (TPSA) is 96.1 Å². The van der Waals surface area contributed by atoms with Gasteiger partial charge in [0.15, 0.2) is 23.0 Å². The highest BCUT2D eigenvalue weighted by Gasteiger charge is 2.24. The SMILES string of the molecule is CCOC(=O)c1c(-c2ccc(OC)c(OC)c2)c2cc(OC)c(OC)cc2[nH]c1=O. The second-order valence-corrected chi connectivity index (χ2v) is 6.25. The van der Waals surface area contributed by atoms with Crippen molar-refractivity contribution in [3.63, 3.8) is 0 Å². The standard InChI is InChI=1S/C22H23NO7/c1-6-30-22(25)20-19(12-7-8-15(26-2)16(9-12)27-3)13-10-17(28-4)18(29-5)11-14(13)23-21(20)24/h7-11H,6H2,1-5H3,(H,23,24). The molecule has 158 valence electrons. The summed E-state index contributed by atoms with van der Waals surface area (Å²) in [5.41, 5.74) is 0.783. The first kappa shape index (κ1) is 21.0. The van der Waals surface area contributed by atoms with Gasteiger partial charge in [0, 0.05) is 17.0 Å². The Balaban J connectivity index is 2.45. The Morgan fingerprint density at radius 1 is 0.867 bits per heavy atom. The van der Waals surface area contributed by atoms with E-state index < -0.39 is 11.5 Å². The molecule has 0 saturated heterocycles. The fraction of sp³-hybridized carbons (Fsp3) is 0.273. The number of carbonyl (C=O) groups is 1.